The van der Waals surface area contributed by atoms with Crippen molar-refractivity contribution in [3.05, 3.63) is 26.0 Å². The maximum Gasteiger partial charge on any atom is 0.280 e. The first-order valence-corrected chi connectivity index (χ1v) is 4.61. The predicted octanol–water partition coefficient (Wildman–Crippen LogP) is 3.09. The number of hydrogen-bond donors (Lipinski definition) is 0. The maximum atomic E-state index is 12.2. The Labute approximate surface area is 91.4 Å². The second-order valence-corrected chi connectivity index (χ2v) is 3.63. The molecule has 1 heterocycles. The summed E-state index contributed by atoms with van der Waals surface area (Å²) in [4.78, 5) is 13.8. The van der Waals surface area contributed by atoms with E-state index < -0.39 is 12.1 Å². The van der Waals surface area contributed by atoms with Gasteiger partial charge in [0.2, 0.25) is 0 Å². The van der Waals surface area contributed by atoms with E-state index in [1.54, 1.807) is 22.6 Å². The van der Waals surface area contributed by atoms with E-state index in [4.69, 9.17) is 11.6 Å². The van der Waals surface area contributed by atoms with Crippen molar-refractivity contribution < 1.29 is 13.6 Å². The smallest absolute Gasteiger partial charge is 0.280 e. The highest BCUT2D eigenvalue weighted by Crippen LogP contribution is 2.25. The zero-order chi connectivity index (χ0) is 10.0. The lowest BCUT2D eigenvalue weighted by Crippen LogP contribution is -1.98. The summed E-state index contributed by atoms with van der Waals surface area (Å²) in [5.74, 6) is 0. The van der Waals surface area contributed by atoms with Gasteiger partial charge in [-0.3, -0.25) is 4.79 Å². The number of carbonyl (C=O) groups excluding carboxylic acids is 1. The minimum absolute atomic E-state index is 0.0524. The average Bonchev–Trinajstić information content (AvgIpc) is 2.09. The number of carbonyl (C=O) groups is 1. The van der Waals surface area contributed by atoms with Crippen molar-refractivity contribution in [2.24, 2.45) is 0 Å². The van der Waals surface area contributed by atoms with Gasteiger partial charge < -0.3 is 0 Å². The lowest BCUT2D eigenvalue weighted by Gasteiger charge is -2.03. The molecule has 0 bridgehead atoms. The van der Waals surface area contributed by atoms with E-state index in [0.717, 1.165) is 6.07 Å². The number of aldehydes is 1. The first-order chi connectivity index (χ1) is 6.06. The monoisotopic (exact) mass is 317 g/mol. The topological polar surface area (TPSA) is 30.0 Å². The molecular formula is C7H3ClF2INO. The van der Waals surface area contributed by atoms with Crippen molar-refractivity contribution in [2.75, 3.05) is 0 Å². The zero-order valence-corrected chi connectivity index (χ0v) is 9.01. The molecule has 0 fully saturated rings. The summed E-state index contributed by atoms with van der Waals surface area (Å²) in [6.07, 6.45) is -2.31. The predicted molar refractivity (Wildman–Crippen MR) is 52.3 cm³/mol. The van der Waals surface area contributed by atoms with Gasteiger partial charge in [0.15, 0.2) is 6.29 Å². The molecule has 70 valence electrons. The van der Waals surface area contributed by atoms with Gasteiger partial charge in [0.05, 0.1) is 8.59 Å². The Morgan fingerprint density at radius 3 is 2.69 bits per heavy atom. The van der Waals surface area contributed by atoms with Gasteiger partial charge >= 0.3 is 0 Å². The van der Waals surface area contributed by atoms with Crippen molar-refractivity contribution >= 4 is 40.5 Å². The Bertz CT molecular complexity index is 346. The van der Waals surface area contributed by atoms with Gasteiger partial charge in [-0.05, 0) is 28.7 Å². The highest BCUT2D eigenvalue weighted by atomic mass is 127. The SMILES string of the molecule is O=Cc1nc(C(F)F)cc(Cl)c1I. The third kappa shape index (κ3) is 2.34. The molecule has 0 radical (unpaired) electrons. The molecule has 0 aliphatic heterocycles. The summed E-state index contributed by atoms with van der Waals surface area (Å²) in [7, 11) is 0. The standard InChI is InChI=1S/C7H3ClF2INO/c8-3-1-4(7(9)10)12-5(2-13)6(3)11/h1-2,7H. The quantitative estimate of drug-likeness (QED) is 0.620. The summed E-state index contributed by atoms with van der Waals surface area (Å²) < 4.78 is 24.7. The summed E-state index contributed by atoms with van der Waals surface area (Å²) in [6, 6.07) is 1.06. The molecule has 0 aliphatic carbocycles. The van der Waals surface area contributed by atoms with Gasteiger partial charge in [0, 0.05) is 0 Å². The molecule has 0 N–H and O–H groups in total. The van der Waals surface area contributed by atoms with E-state index in [-0.39, 0.29) is 10.7 Å². The molecule has 6 heteroatoms. The van der Waals surface area contributed by atoms with Gasteiger partial charge in [0.25, 0.3) is 6.43 Å². The number of pyridine rings is 1. The van der Waals surface area contributed by atoms with Crippen LogP contribution >= 0.6 is 34.2 Å². The van der Waals surface area contributed by atoms with Crippen LogP contribution < -0.4 is 0 Å². The molecule has 0 aromatic carbocycles. The largest absolute Gasteiger partial charge is 0.296 e. The van der Waals surface area contributed by atoms with Gasteiger partial charge in [-0.2, -0.15) is 0 Å². The Balaban J connectivity index is 3.30. The van der Waals surface area contributed by atoms with Crippen LogP contribution in [0.25, 0.3) is 0 Å². The van der Waals surface area contributed by atoms with Crippen LogP contribution in [0, 0.1) is 3.57 Å². The molecule has 1 rings (SSSR count). The normalized spacial score (nSPS) is 10.5. The van der Waals surface area contributed by atoms with Gasteiger partial charge in [-0.25, -0.2) is 13.8 Å². The molecule has 0 unspecified atom stereocenters. The number of rotatable bonds is 2. The van der Waals surface area contributed by atoms with Crippen LogP contribution in [-0.2, 0) is 0 Å². The Hall–Kier alpha value is -0.300. The second-order valence-electron chi connectivity index (χ2n) is 2.15. The lowest BCUT2D eigenvalue weighted by molar-refractivity contribution is 0.111. The molecule has 0 amide bonds. The minimum atomic E-state index is -2.71. The molecule has 0 atom stereocenters. The molecule has 1 aromatic heterocycles. The van der Waals surface area contributed by atoms with Crippen LogP contribution in [0.5, 0.6) is 0 Å². The maximum absolute atomic E-state index is 12.2. The molecule has 1 aromatic rings. The Morgan fingerprint density at radius 1 is 1.62 bits per heavy atom. The highest BCUT2D eigenvalue weighted by Gasteiger charge is 2.14. The van der Waals surface area contributed by atoms with Gasteiger partial charge in [-0.15, -0.1) is 0 Å². The highest BCUT2D eigenvalue weighted by molar-refractivity contribution is 14.1. The first-order valence-electron chi connectivity index (χ1n) is 3.15. The van der Waals surface area contributed by atoms with Crippen molar-refractivity contribution in [2.45, 2.75) is 6.43 Å². The van der Waals surface area contributed by atoms with Crippen LogP contribution in [0.2, 0.25) is 5.02 Å². The lowest BCUT2D eigenvalue weighted by atomic mass is 10.3. The first kappa shape index (κ1) is 10.8. The fraction of sp³-hybridized carbons (Fsp3) is 0.143. The average molecular weight is 317 g/mol. The fourth-order valence-corrected chi connectivity index (χ4v) is 1.34. The van der Waals surface area contributed by atoms with Crippen molar-refractivity contribution in [1.82, 2.24) is 4.98 Å². The van der Waals surface area contributed by atoms with Crippen LogP contribution in [0.15, 0.2) is 6.07 Å². The van der Waals surface area contributed by atoms with E-state index in [0.29, 0.717) is 9.86 Å². The zero-order valence-electron chi connectivity index (χ0n) is 6.10. The Morgan fingerprint density at radius 2 is 2.23 bits per heavy atom. The van der Waals surface area contributed by atoms with Gasteiger partial charge in [-0.1, -0.05) is 11.6 Å². The summed E-state index contributed by atoms with van der Waals surface area (Å²) in [6.45, 7) is 0. The van der Waals surface area contributed by atoms with Crippen LogP contribution in [0.1, 0.15) is 22.6 Å². The van der Waals surface area contributed by atoms with Crippen molar-refractivity contribution in [3.8, 4) is 0 Å². The minimum Gasteiger partial charge on any atom is -0.296 e. The van der Waals surface area contributed by atoms with E-state index in [9.17, 15) is 13.6 Å². The number of halogens is 4. The molecule has 0 aliphatic rings. The van der Waals surface area contributed by atoms with Crippen molar-refractivity contribution in [3.63, 3.8) is 0 Å². The molecule has 13 heavy (non-hydrogen) atoms. The van der Waals surface area contributed by atoms with E-state index >= 15 is 0 Å². The molecule has 0 saturated heterocycles. The second kappa shape index (κ2) is 4.28. The van der Waals surface area contributed by atoms with E-state index in [1.165, 1.54) is 0 Å². The third-order valence-corrected chi connectivity index (χ3v) is 3.04. The molecule has 0 saturated carbocycles. The summed E-state index contributed by atoms with van der Waals surface area (Å²) in [5, 5.41) is 0.119. The summed E-state index contributed by atoms with van der Waals surface area (Å²) in [5.41, 5.74) is -0.532. The molecular weight excluding hydrogens is 314 g/mol. The number of hydrogen-bond acceptors (Lipinski definition) is 2. The van der Waals surface area contributed by atoms with E-state index in [1.807, 2.05) is 0 Å². The van der Waals surface area contributed by atoms with Crippen molar-refractivity contribution in [1.29, 1.82) is 0 Å². The molecule has 0 spiro atoms. The van der Waals surface area contributed by atoms with Crippen LogP contribution in [0.3, 0.4) is 0 Å². The Kier molecular flexibility index (Phi) is 3.55. The molecule has 2 nitrogen and oxygen atoms in total. The third-order valence-electron chi connectivity index (χ3n) is 1.29. The number of nitrogens with zero attached hydrogens (tertiary/aromatic N) is 1. The number of aromatic nitrogens is 1. The summed E-state index contributed by atoms with van der Waals surface area (Å²) >= 11 is 7.38. The van der Waals surface area contributed by atoms with Crippen LogP contribution in [0.4, 0.5) is 8.78 Å². The number of alkyl halides is 2. The van der Waals surface area contributed by atoms with Crippen LogP contribution in [-0.4, -0.2) is 11.3 Å². The fourth-order valence-electron chi connectivity index (χ4n) is 0.726. The van der Waals surface area contributed by atoms with E-state index in [2.05, 4.69) is 4.98 Å². The van der Waals surface area contributed by atoms with Gasteiger partial charge in [0.1, 0.15) is 11.4 Å².